The van der Waals surface area contributed by atoms with Gasteiger partial charge in [-0.2, -0.15) is 8.78 Å². The highest BCUT2D eigenvalue weighted by Gasteiger charge is 2.30. The molecule has 2 rings (SSSR count). The van der Waals surface area contributed by atoms with E-state index in [4.69, 9.17) is 4.74 Å². The molecule has 0 aromatic heterocycles. The van der Waals surface area contributed by atoms with E-state index in [1.807, 2.05) is 0 Å². The molecule has 0 amide bonds. The van der Waals surface area contributed by atoms with E-state index in [-0.39, 0.29) is 19.1 Å². The Balaban J connectivity index is 1.62. The topological polar surface area (TPSA) is 9.23 Å². The molecular weight excluding hydrogens is 301 g/mol. The fourth-order valence-corrected chi connectivity index (χ4v) is 4.49. The first-order chi connectivity index (χ1) is 11.1. The average Bonchev–Trinajstić information content (AvgIpc) is 2.56. The van der Waals surface area contributed by atoms with Gasteiger partial charge >= 0.3 is 6.08 Å². The van der Waals surface area contributed by atoms with Crippen LogP contribution in [0.3, 0.4) is 0 Å². The maximum Gasteiger partial charge on any atom is 0.301 e. The van der Waals surface area contributed by atoms with Crippen LogP contribution in [0.4, 0.5) is 13.2 Å². The molecule has 2 saturated carbocycles. The summed E-state index contributed by atoms with van der Waals surface area (Å²) in [5.41, 5.74) is 0. The molecule has 2 aliphatic carbocycles. The van der Waals surface area contributed by atoms with Gasteiger partial charge in [0.2, 0.25) is 0 Å². The number of ether oxygens (including phenoxy) is 1. The van der Waals surface area contributed by atoms with E-state index in [0.717, 1.165) is 30.6 Å². The van der Waals surface area contributed by atoms with Gasteiger partial charge in [-0.05, 0) is 56.3 Å². The van der Waals surface area contributed by atoms with Crippen LogP contribution >= 0.6 is 0 Å². The molecule has 0 saturated heterocycles. The third kappa shape index (κ3) is 6.13. The van der Waals surface area contributed by atoms with E-state index in [0.29, 0.717) is 0 Å². The molecule has 0 aromatic carbocycles. The van der Waals surface area contributed by atoms with Crippen LogP contribution < -0.4 is 0 Å². The van der Waals surface area contributed by atoms with Crippen LogP contribution in [0, 0.1) is 17.8 Å². The Morgan fingerprint density at radius 3 is 1.96 bits per heavy atom. The molecule has 0 unspecified atom stereocenters. The molecule has 0 spiro atoms. The molecular formula is C19H31F3O. The lowest BCUT2D eigenvalue weighted by molar-refractivity contribution is 0.00666. The van der Waals surface area contributed by atoms with Crippen molar-refractivity contribution >= 4 is 0 Å². The van der Waals surface area contributed by atoms with Gasteiger partial charge in [-0.15, -0.1) is 0 Å². The lowest BCUT2D eigenvalue weighted by Crippen LogP contribution is -2.28. The summed E-state index contributed by atoms with van der Waals surface area (Å²) in [6.07, 6.45) is 10.2. The van der Waals surface area contributed by atoms with Gasteiger partial charge in [-0.3, -0.25) is 0 Å². The summed E-state index contributed by atoms with van der Waals surface area (Å²) in [6.45, 7) is 2.34. The molecule has 23 heavy (non-hydrogen) atoms. The number of hydrogen-bond donors (Lipinski definition) is 0. The van der Waals surface area contributed by atoms with Crippen molar-refractivity contribution in [2.24, 2.45) is 17.8 Å². The second-order valence-corrected chi connectivity index (χ2v) is 7.39. The molecule has 0 bridgehead atoms. The Kier molecular flexibility index (Phi) is 7.94. The highest BCUT2D eigenvalue weighted by atomic mass is 19.3. The summed E-state index contributed by atoms with van der Waals surface area (Å²) in [6, 6.07) is 0. The normalized spacial score (nSPS) is 31.8. The summed E-state index contributed by atoms with van der Waals surface area (Å²) in [5.74, 6) is 1.32. The second-order valence-electron chi connectivity index (χ2n) is 7.39. The largest absolute Gasteiger partial charge is 0.378 e. The van der Waals surface area contributed by atoms with Crippen LogP contribution in [0.1, 0.15) is 77.6 Å². The zero-order chi connectivity index (χ0) is 16.7. The van der Waals surface area contributed by atoms with Gasteiger partial charge in [-0.25, -0.2) is 4.39 Å². The first kappa shape index (κ1) is 18.8. The minimum Gasteiger partial charge on any atom is -0.378 e. The van der Waals surface area contributed by atoms with Crippen molar-refractivity contribution in [3.05, 3.63) is 11.9 Å². The van der Waals surface area contributed by atoms with Gasteiger partial charge in [0.1, 0.15) is 0 Å². The fraction of sp³-hybridized carbons (Fsp3) is 0.895. The van der Waals surface area contributed by atoms with Gasteiger partial charge in [0.25, 0.3) is 0 Å². The fourth-order valence-electron chi connectivity index (χ4n) is 4.49. The minimum atomic E-state index is -2.21. The van der Waals surface area contributed by atoms with E-state index >= 15 is 0 Å². The van der Waals surface area contributed by atoms with E-state index in [1.54, 1.807) is 0 Å². The molecule has 0 radical (unpaired) electrons. The summed E-state index contributed by atoms with van der Waals surface area (Å²) in [5, 5.41) is 0. The number of halogens is 3. The van der Waals surface area contributed by atoms with Crippen LogP contribution in [0.5, 0.6) is 0 Å². The zero-order valence-electron chi connectivity index (χ0n) is 14.3. The predicted molar refractivity (Wildman–Crippen MR) is 87.0 cm³/mol. The van der Waals surface area contributed by atoms with E-state index in [9.17, 15) is 13.2 Å². The van der Waals surface area contributed by atoms with Crippen LogP contribution in [0.2, 0.25) is 0 Å². The minimum absolute atomic E-state index is 0.0701. The lowest BCUT2D eigenvalue weighted by Gasteiger charge is -2.37. The Hall–Kier alpha value is -0.510. The number of hydrogen-bond acceptors (Lipinski definition) is 1. The Morgan fingerprint density at radius 2 is 1.43 bits per heavy atom. The molecule has 2 aliphatic rings. The van der Waals surface area contributed by atoms with Crippen LogP contribution in [0.15, 0.2) is 11.9 Å². The summed E-state index contributed by atoms with van der Waals surface area (Å²) >= 11 is 0. The van der Waals surface area contributed by atoms with Crippen LogP contribution in [-0.2, 0) is 4.74 Å². The standard InChI is InChI=1S/C19H31F3O/c1-2-3-14-4-6-15(7-5-14)16-8-10-17(11-9-16)23-13-12-18(20)19(21)22/h14-17H,2-13H2,1H3/t14-,15-,16?,17?. The third-order valence-corrected chi connectivity index (χ3v) is 5.85. The molecule has 4 heteroatoms. The van der Waals surface area contributed by atoms with Crippen molar-refractivity contribution in [1.82, 2.24) is 0 Å². The highest BCUT2D eigenvalue weighted by Crippen LogP contribution is 2.41. The monoisotopic (exact) mass is 332 g/mol. The van der Waals surface area contributed by atoms with Crippen molar-refractivity contribution in [3.63, 3.8) is 0 Å². The summed E-state index contributed by atoms with van der Waals surface area (Å²) in [7, 11) is 0. The van der Waals surface area contributed by atoms with Gasteiger partial charge < -0.3 is 4.74 Å². The molecule has 0 aromatic rings. The van der Waals surface area contributed by atoms with Crippen LogP contribution in [0.25, 0.3) is 0 Å². The van der Waals surface area contributed by atoms with Crippen LogP contribution in [-0.4, -0.2) is 12.7 Å². The summed E-state index contributed by atoms with van der Waals surface area (Å²) in [4.78, 5) is 0. The zero-order valence-corrected chi connectivity index (χ0v) is 14.3. The molecule has 2 fully saturated rings. The van der Waals surface area contributed by atoms with E-state index in [1.165, 1.54) is 51.4 Å². The van der Waals surface area contributed by atoms with Crippen molar-refractivity contribution in [2.45, 2.75) is 83.7 Å². The first-order valence-corrected chi connectivity index (χ1v) is 9.41. The molecule has 134 valence electrons. The molecule has 0 atom stereocenters. The third-order valence-electron chi connectivity index (χ3n) is 5.85. The van der Waals surface area contributed by atoms with Crippen molar-refractivity contribution in [3.8, 4) is 0 Å². The predicted octanol–water partition coefficient (Wildman–Crippen LogP) is 6.64. The maximum atomic E-state index is 12.7. The molecule has 0 aliphatic heterocycles. The molecule has 0 N–H and O–H groups in total. The highest BCUT2D eigenvalue weighted by molar-refractivity contribution is 4.91. The Bertz CT molecular complexity index is 363. The lowest BCUT2D eigenvalue weighted by atomic mass is 9.70. The van der Waals surface area contributed by atoms with Gasteiger partial charge in [0.05, 0.1) is 12.7 Å². The van der Waals surface area contributed by atoms with Crippen molar-refractivity contribution < 1.29 is 17.9 Å². The summed E-state index contributed by atoms with van der Waals surface area (Å²) < 4.78 is 42.3. The number of rotatable bonds is 7. The van der Waals surface area contributed by atoms with Crippen molar-refractivity contribution in [2.75, 3.05) is 6.61 Å². The maximum absolute atomic E-state index is 12.7. The second kappa shape index (κ2) is 9.71. The van der Waals surface area contributed by atoms with E-state index in [2.05, 4.69) is 6.92 Å². The SMILES string of the molecule is CCC[C@H]1CC[C@H](C2CCC(OCCC(F)=C(F)F)CC2)CC1. The van der Waals surface area contributed by atoms with Gasteiger partial charge in [0, 0.05) is 6.42 Å². The average molecular weight is 332 g/mol. The Morgan fingerprint density at radius 1 is 0.870 bits per heavy atom. The first-order valence-electron chi connectivity index (χ1n) is 9.41. The quantitative estimate of drug-likeness (QED) is 0.508. The smallest absolute Gasteiger partial charge is 0.301 e. The molecule has 1 nitrogen and oxygen atoms in total. The van der Waals surface area contributed by atoms with Gasteiger partial charge in [-0.1, -0.05) is 32.6 Å². The van der Waals surface area contributed by atoms with Crippen molar-refractivity contribution in [1.29, 1.82) is 0 Å². The Labute approximate surface area is 138 Å². The molecule has 0 heterocycles. The van der Waals surface area contributed by atoms with E-state index < -0.39 is 11.9 Å². The van der Waals surface area contributed by atoms with Gasteiger partial charge in [0.15, 0.2) is 5.83 Å².